The highest BCUT2D eigenvalue weighted by Crippen LogP contribution is 2.14. The van der Waals surface area contributed by atoms with Gasteiger partial charge in [-0.15, -0.1) is 0 Å². The number of halogens is 1. The molecule has 0 aliphatic carbocycles. The zero-order valence-corrected chi connectivity index (χ0v) is 13.5. The van der Waals surface area contributed by atoms with Crippen LogP contribution in [-0.4, -0.2) is 36.3 Å². The first-order valence-electron chi connectivity index (χ1n) is 8.06. The molecule has 124 valence electrons. The maximum Gasteiger partial charge on any atom is 0.244 e. The quantitative estimate of drug-likeness (QED) is 0.849. The van der Waals surface area contributed by atoms with Gasteiger partial charge in [-0.25, -0.2) is 4.39 Å². The minimum absolute atomic E-state index is 0.101. The summed E-state index contributed by atoms with van der Waals surface area (Å²) < 4.78 is 12.9. The van der Waals surface area contributed by atoms with Crippen molar-refractivity contribution in [2.75, 3.05) is 19.6 Å². The summed E-state index contributed by atoms with van der Waals surface area (Å²) in [5.74, 6) is -0.440. The molecule has 2 amide bonds. The van der Waals surface area contributed by atoms with Crippen molar-refractivity contribution in [1.29, 1.82) is 0 Å². The van der Waals surface area contributed by atoms with Crippen LogP contribution in [-0.2, 0) is 9.59 Å². The van der Waals surface area contributed by atoms with Crippen LogP contribution in [0.5, 0.6) is 0 Å². The molecule has 0 aromatic heterocycles. The number of allylic oxidation sites excluding steroid dienone is 1. The molecule has 1 aliphatic heterocycles. The molecule has 1 aromatic rings. The van der Waals surface area contributed by atoms with Gasteiger partial charge in [0, 0.05) is 32.1 Å². The molecule has 1 heterocycles. The predicted octanol–water partition coefficient (Wildman–Crippen LogP) is 2.75. The second kappa shape index (κ2) is 8.46. The molecule has 0 bridgehead atoms. The van der Waals surface area contributed by atoms with Crippen molar-refractivity contribution < 1.29 is 14.0 Å². The highest BCUT2D eigenvalue weighted by atomic mass is 19.1. The molecule has 1 fully saturated rings. The highest BCUT2D eigenvalue weighted by molar-refractivity contribution is 5.95. The Labute approximate surface area is 136 Å². The van der Waals surface area contributed by atoms with Gasteiger partial charge in [0.25, 0.3) is 0 Å². The normalized spacial score (nSPS) is 15.4. The average Bonchev–Trinajstić information content (AvgIpc) is 2.56. The van der Waals surface area contributed by atoms with Crippen molar-refractivity contribution in [1.82, 2.24) is 10.2 Å². The van der Waals surface area contributed by atoms with E-state index < -0.39 is 0 Å². The number of likely N-dealkylation sites (tertiary alicyclic amines) is 1. The monoisotopic (exact) mass is 318 g/mol. The van der Waals surface area contributed by atoms with Gasteiger partial charge in [-0.1, -0.05) is 12.1 Å². The van der Waals surface area contributed by atoms with Gasteiger partial charge in [0.15, 0.2) is 0 Å². The molecule has 1 N–H and O–H groups in total. The third kappa shape index (κ3) is 5.51. The lowest BCUT2D eigenvalue weighted by Gasteiger charge is -2.26. The standard InChI is InChI=1S/C18H23FN2O2/c1-14(15-5-7-16(19)8-6-15)13-17(22)20-10-9-18(23)21-11-3-2-4-12-21/h5-8,13H,2-4,9-12H2,1H3,(H,20,22)/b14-13-. The van der Waals surface area contributed by atoms with Crippen LogP contribution in [0.3, 0.4) is 0 Å². The molecule has 23 heavy (non-hydrogen) atoms. The van der Waals surface area contributed by atoms with Crippen LogP contribution < -0.4 is 5.32 Å². The summed E-state index contributed by atoms with van der Waals surface area (Å²) in [5, 5.41) is 2.73. The van der Waals surface area contributed by atoms with Gasteiger partial charge in [0.1, 0.15) is 5.82 Å². The van der Waals surface area contributed by atoms with E-state index in [1.807, 2.05) is 4.90 Å². The lowest BCUT2D eigenvalue weighted by molar-refractivity contribution is -0.132. The maximum atomic E-state index is 12.9. The fourth-order valence-electron chi connectivity index (χ4n) is 2.64. The predicted molar refractivity (Wildman–Crippen MR) is 88.1 cm³/mol. The van der Waals surface area contributed by atoms with Crippen LogP contribution in [0.25, 0.3) is 5.57 Å². The molecular weight excluding hydrogens is 295 g/mol. The van der Waals surface area contributed by atoms with Crippen molar-refractivity contribution >= 4 is 17.4 Å². The van der Waals surface area contributed by atoms with Gasteiger partial charge < -0.3 is 10.2 Å². The molecule has 1 aliphatic rings. The first-order valence-corrected chi connectivity index (χ1v) is 8.06. The number of carbonyl (C=O) groups excluding carboxylic acids is 2. The number of piperidine rings is 1. The summed E-state index contributed by atoms with van der Waals surface area (Å²) in [6, 6.07) is 5.99. The third-order valence-electron chi connectivity index (χ3n) is 3.99. The van der Waals surface area contributed by atoms with Gasteiger partial charge in [-0.2, -0.15) is 0 Å². The van der Waals surface area contributed by atoms with E-state index in [-0.39, 0.29) is 17.6 Å². The first kappa shape index (κ1) is 17.2. The van der Waals surface area contributed by atoms with Gasteiger partial charge >= 0.3 is 0 Å². The fourth-order valence-corrected chi connectivity index (χ4v) is 2.64. The summed E-state index contributed by atoms with van der Waals surface area (Å²) in [4.78, 5) is 25.7. The lowest BCUT2D eigenvalue weighted by atomic mass is 10.1. The zero-order chi connectivity index (χ0) is 16.7. The van der Waals surface area contributed by atoms with E-state index in [9.17, 15) is 14.0 Å². The number of carbonyl (C=O) groups is 2. The van der Waals surface area contributed by atoms with E-state index in [2.05, 4.69) is 5.32 Å². The minimum Gasteiger partial charge on any atom is -0.352 e. The molecule has 1 aromatic carbocycles. The maximum absolute atomic E-state index is 12.9. The van der Waals surface area contributed by atoms with Crippen molar-refractivity contribution in [2.24, 2.45) is 0 Å². The molecule has 2 rings (SSSR count). The fraction of sp³-hybridized carbons (Fsp3) is 0.444. The van der Waals surface area contributed by atoms with Crippen LogP contribution in [0.15, 0.2) is 30.3 Å². The average molecular weight is 318 g/mol. The number of hydrogen-bond acceptors (Lipinski definition) is 2. The summed E-state index contributed by atoms with van der Waals surface area (Å²) in [6.07, 6.45) is 5.12. The Bertz CT molecular complexity index is 575. The number of rotatable bonds is 5. The largest absolute Gasteiger partial charge is 0.352 e. The van der Waals surface area contributed by atoms with Crippen LogP contribution >= 0.6 is 0 Å². The van der Waals surface area contributed by atoms with Crippen LogP contribution in [0.4, 0.5) is 4.39 Å². The van der Waals surface area contributed by atoms with Gasteiger partial charge in [-0.05, 0) is 49.5 Å². The molecule has 5 heteroatoms. The van der Waals surface area contributed by atoms with E-state index in [1.54, 1.807) is 19.1 Å². The summed E-state index contributed by atoms with van der Waals surface area (Å²) >= 11 is 0. The van der Waals surface area contributed by atoms with E-state index in [4.69, 9.17) is 0 Å². The minimum atomic E-state index is -0.303. The molecule has 1 saturated heterocycles. The summed E-state index contributed by atoms with van der Waals surface area (Å²) in [6.45, 7) is 3.79. The van der Waals surface area contributed by atoms with E-state index in [0.717, 1.165) is 37.1 Å². The number of amides is 2. The van der Waals surface area contributed by atoms with Crippen LogP contribution in [0.2, 0.25) is 0 Å². The molecule has 0 spiro atoms. The van der Waals surface area contributed by atoms with Crippen LogP contribution in [0, 0.1) is 5.82 Å². The Morgan fingerprint density at radius 3 is 2.48 bits per heavy atom. The van der Waals surface area contributed by atoms with Crippen molar-refractivity contribution in [3.63, 3.8) is 0 Å². The second-order valence-electron chi connectivity index (χ2n) is 5.82. The van der Waals surface area contributed by atoms with E-state index in [0.29, 0.717) is 13.0 Å². The SMILES string of the molecule is C/C(=C/C(=O)NCCC(=O)N1CCCCC1)c1ccc(F)cc1. The van der Waals surface area contributed by atoms with Crippen molar-refractivity contribution in [2.45, 2.75) is 32.6 Å². The van der Waals surface area contributed by atoms with Gasteiger partial charge in [0.2, 0.25) is 11.8 Å². The Kier molecular flexibility index (Phi) is 6.32. The smallest absolute Gasteiger partial charge is 0.244 e. The molecule has 0 atom stereocenters. The molecule has 4 nitrogen and oxygen atoms in total. The van der Waals surface area contributed by atoms with Crippen molar-refractivity contribution in [3.05, 3.63) is 41.7 Å². The molecular formula is C18H23FN2O2. The summed E-state index contributed by atoms with van der Waals surface area (Å²) in [7, 11) is 0. The molecule has 0 saturated carbocycles. The first-order chi connectivity index (χ1) is 11.1. The Balaban J connectivity index is 1.76. The zero-order valence-electron chi connectivity index (χ0n) is 13.5. The Morgan fingerprint density at radius 2 is 1.83 bits per heavy atom. The van der Waals surface area contributed by atoms with Gasteiger partial charge in [-0.3, -0.25) is 9.59 Å². The summed E-state index contributed by atoms with van der Waals surface area (Å²) in [5.41, 5.74) is 1.55. The van der Waals surface area contributed by atoms with E-state index in [1.165, 1.54) is 24.6 Å². The number of nitrogens with zero attached hydrogens (tertiary/aromatic N) is 1. The Hall–Kier alpha value is -2.17. The van der Waals surface area contributed by atoms with E-state index >= 15 is 0 Å². The third-order valence-corrected chi connectivity index (χ3v) is 3.99. The molecule has 0 radical (unpaired) electrons. The second-order valence-corrected chi connectivity index (χ2v) is 5.82. The lowest BCUT2D eigenvalue weighted by Crippen LogP contribution is -2.37. The number of benzene rings is 1. The Morgan fingerprint density at radius 1 is 1.17 bits per heavy atom. The topological polar surface area (TPSA) is 49.4 Å². The van der Waals surface area contributed by atoms with Gasteiger partial charge in [0.05, 0.1) is 0 Å². The molecule has 0 unspecified atom stereocenters. The number of nitrogens with one attached hydrogen (secondary N) is 1. The van der Waals surface area contributed by atoms with Crippen molar-refractivity contribution in [3.8, 4) is 0 Å². The highest BCUT2D eigenvalue weighted by Gasteiger charge is 2.15. The van der Waals surface area contributed by atoms with Crippen LogP contribution in [0.1, 0.15) is 38.2 Å². The number of hydrogen-bond donors (Lipinski definition) is 1.